The second-order valence-corrected chi connectivity index (χ2v) is 9.33. The maximum atomic E-state index is 12.6. The number of rotatable bonds is 6. The molecular weight excluding hydrogens is 392 g/mol. The van der Waals surface area contributed by atoms with Crippen molar-refractivity contribution in [2.45, 2.75) is 37.5 Å². The number of Topliss-reactive ketones (excluding diaryl/α,β-unsaturated/α-hetero) is 2. The summed E-state index contributed by atoms with van der Waals surface area (Å²) in [5.74, 6) is -1.11. The minimum Gasteiger partial charge on any atom is -0.294 e. The number of hydrogen-bond acceptors (Lipinski definition) is 7. The smallest absolute Gasteiger partial charge is 0.294 e. The van der Waals surface area contributed by atoms with Crippen molar-refractivity contribution in [3.63, 3.8) is 0 Å². The van der Waals surface area contributed by atoms with Crippen LogP contribution in [0.1, 0.15) is 45.7 Å². The van der Waals surface area contributed by atoms with Gasteiger partial charge in [0.2, 0.25) is 0 Å². The highest BCUT2D eigenvalue weighted by Crippen LogP contribution is 2.26. The molecule has 0 aromatic heterocycles. The fraction of sp³-hybridized carbons (Fsp3) is 0.222. The lowest BCUT2D eigenvalue weighted by molar-refractivity contribution is 0.100. The van der Waals surface area contributed by atoms with Gasteiger partial charge in [-0.3, -0.25) is 9.59 Å². The van der Waals surface area contributed by atoms with Gasteiger partial charge in [-0.2, -0.15) is 16.8 Å². The number of aryl methyl sites for hydroxylation is 2. The van der Waals surface area contributed by atoms with Crippen molar-refractivity contribution in [2.24, 2.45) is 0 Å². The molecule has 0 aliphatic rings. The summed E-state index contributed by atoms with van der Waals surface area (Å²) in [6.07, 6.45) is 0. The Kier molecular flexibility index (Phi) is 5.69. The lowest BCUT2D eigenvalue weighted by Gasteiger charge is -2.12. The summed E-state index contributed by atoms with van der Waals surface area (Å²) in [6.45, 7) is 5.64. The van der Waals surface area contributed by atoms with Crippen LogP contribution in [-0.2, 0) is 23.9 Å². The van der Waals surface area contributed by atoms with Crippen molar-refractivity contribution in [3.05, 3.63) is 58.7 Å². The molecule has 0 saturated heterocycles. The van der Waals surface area contributed by atoms with Crippen molar-refractivity contribution in [1.29, 1.82) is 0 Å². The van der Waals surface area contributed by atoms with Crippen LogP contribution in [-0.4, -0.2) is 28.4 Å². The quantitative estimate of drug-likeness (QED) is 0.673. The number of carbonyl (C=O) groups is 2. The third kappa shape index (κ3) is 4.49. The molecule has 0 heterocycles. The van der Waals surface area contributed by atoms with E-state index in [1.807, 2.05) is 0 Å². The van der Waals surface area contributed by atoms with Gasteiger partial charge in [-0.25, -0.2) is 0 Å². The largest absolute Gasteiger partial charge is 0.312 e. The Morgan fingerprint density at radius 2 is 1.04 bits per heavy atom. The van der Waals surface area contributed by atoms with E-state index in [0.717, 1.165) is 26.0 Å². The minimum atomic E-state index is -4.83. The second kappa shape index (κ2) is 7.34. The molecule has 27 heavy (non-hydrogen) atoms. The number of carbonyl (C=O) groups excluding carboxylic acids is 2. The molecule has 144 valence electrons. The van der Waals surface area contributed by atoms with Crippen LogP contribution in [0, 0.1) is 13.8 Å². The van der Waals surface area contributed by atoms with Gasteiger partial charge >= 0.3 is 20.2 Å². The van der Waals surface area contributed by atoms with Gasteiger partial charge in [-0.05, 0) is 52.0 Å². The molecule has 0 bridgehead atoms. The molecule has 0 radical (unpaired) electrons. The van der Waals surface area contributed by atoms with E-state index < -0.39 is 41.6 Å². The third-order valence-electron chi connectivity index (χ3n) is 3.75. The van der Waals surface area contributed by atoms with E-state index in [9.17, 15) is 26.4 Å². The SMILES string of the molecule is CC(=O)c1cc(C)ccc1S(=O)(=O)OS(=O)(=O)c1ccc(C)cc1C(C)=O. The fourth-order valence-electron chi connectivity index (χ4n) is 2.47. The Bertz CT molecular complexity index is 1050. The van der Waals surface area contributed by atoms with Crippen LogP contribution in [0.4, 0.5) is 0 Å². The fourth-order valence-corrected chi connectivity index (χ4v) is 5.41. The molecule has 0 fully saturated rings. The van der Waals surface area contributed by atoms with Gasteiger partial charge < -0.3 is 0 Å². The molecule has 9 heteroatoms. The van der Waals surface area contributed by atoms with Gasteiger partial charge in [0.1, 0.15) is 9.79 Å². The van der Waals surface area contributed by atoms with E-state index in [4.69, 9.17) is 0 Å². The van der Waals surface area contributed by atoms with Crippen molar-refractivity contribution in [1.82, 2.24) is 0 Å². The highest BCUT2D eigenvalue weighted by atomic mass is 32.3. The zero-order chi connectivity index (χ0) is 20.6. The number of benzene rings is 2. The lowest BCUT2D eigenvalue weighted by Crippen LogP contribution is -2.18. The maximum absolute atomic E-state index is 12.6. The Labute approximate surface area is 158 Å². The van der Waals surface area contributed by atoms with Gasteiger partial charge in [0.05, 0.1) is 0 Å². The van der Waals surface area contributed by atoms with Gasteiger partial charge in [0.25, 0.3) is 0 Å². The van der Waals surface area contributed by atoms with Gasteiger partial charge in [0, 0.05) is 11.1 Å². The zero-order valence-electron chi connectivity index (χ0n) is 15.1. The first-order valence-electron chi connectivity index (χ1n) is 7.79. The summed E-state index contributed by atoms with van der Waals surface area (Å²) >= 11 is 0. The average molecular weight is 410 g/mol. The average Bonchev–Trinajstić information content (AvgIpc) is 2.53. The maximum Gasteiger partial charge on any atom is 0.312 e. The van der Waals surface area contributed by atoms with Crippen LogP contribution >= 0.6 is 0 Å². The van der Waals surface area contributed by atoms with E-state index in [0.29, 0.717) is 11.1 Å². The summed E-state index contributed by atoms with van der Waals surface area (Å²) in [7, 11) is -9.66. The first-order valence-corrected chi connectivity index (χ1v) is 10.6. The molecule has 0 spiro atoms. The van der Waals surface area contributed by atoms with E-state index in [2.05, 4.69) is 3.63 Å². The highest BCUT2D eigenvalue weighted by molar-refractivity contribution is 8.00. The first-order chi connectivity index (χ1) is 12.3. The second-order valence-electron chi connectivity index (χ2n) is 6.09. The monoisotopic (exact) mass is 410 g/mol. The zero-order valence-corrected chi connectivity index (χ0v) is 16.8. The molecule has 0 N–H and O–H groups in total. The van der Waals surface area contributed by atoms with Crippen LogP contribution in [0.5, 0.6) is 0 Å². The predicted octanol–water partition coefficient (Wildman–Crippen LogP) is 2.80. The lowest BCUT2D eigenvalue weighted by atomic mass is 10.1. The summed E-state index contributed by atoms with van der Waals surface area (Å²) in [5, 5.41) is 0. The van der Waals surface area contributed by atoms with Crippen molar-refractivity contribution < 1.29 is 30.1 Å². The van der Waals surface area contributed by atoms with Crippen LogP contribution in [0.15, 0.2) is 46.2 Å². The summed E-state index contributed by atoms with van der Waals surface area (Å²) in [5.41, 5.74) is 0.889. The Balaban J connectivity index is 2.59. The minimum absolute atomic E-state index is 0.180. The van der Waals surface area contributed by atoms with Crippen molar-refractivity contribution in [2.75, 3.05) is 0 Å². The molecule has 2 aromatic carbocycles. The van der Waals surface area contributed by atoms with Crippen LogP contribution in [0.2, 0.25) is 0 Å². The molecule has 0 amide bonds. The molecular formula is C18H18O7S2. The standard InChI is InChI=1S/C18H18O7S2/c1-11-5-7-17(15(9-11)13(3)19)26(21,22)25-27(23,24)18-8-6-12(2)10-16(18)14(4)20/h5-10H,1-4H3. The Hall–Kier alpha value is -2.36. The topological polar surface area (TPSA) is 112 Å². The third-order valence-corrected chi connectivity index (χ3v) is 6.97. The predicted molar refractivity (Wildman–Crippen MR) is 97.8 cm³/mol. The summed E-state index contributed by atoms with van der Waals surface area (Å²) in [4.78, 5) is 22.4. The van der Waals surface area contributed by atoms with E-state index in [-0.39, 0.29) is 11.1 Å². The van der Waals surface area contributed by atoms with Crippen LogP contribution < -0.4 is 0 Å². The summed E-state index contributed by atoms with van der Waals surface area (Å²) < 4.78 is 54.8. The molecule has 0 atom stereocenters. The summed E-state index contributed by atoms with van der Waals surface area (Å²) in [6, 6.07) is 7.72. The molecule has 7 nitrogen and oxygen atoms in total. The van der Waals surface area contributed by atoms with E-state index in [1.54, 1.807) is 13.8 Å². The van der Waals surface area contributed by atoms with Crippen LogP contribution in [0.3, 0.4) is 0 Å². The van der Waals surface area contributed by atoms with E-state index >= 15 is 0 Å². The molecule has 0 unspecified atom stereocenters. The van der Waals surface area contributed by atoms with Gasteiger partial charge in [0.15, 0.2) is 11.6 Å². The highest BCUT2D eigenvalue weighted by Gasteiger charge is 2.32. The Morgan fingerprint density at radius 3 is 1.33 bits per heavy atom. The molecule has 2 aromatic rings. The van der Waals surface area contributed by atoms with Crippen LogP contribution in [0.25, 0.3) is 0 Å². The molecule has 0 aliphatic carbocycles. The van der Waals surface area contributed by atoms with Gasteiger partial charge in [-0.1, -0.05) is 23.3 Å². The number of hydrogen-bond donors (Lipinski definition) is 0. The first kappa shape index (κ1) is 20.9. The van der Waals surface area contributed by atoms with Gasteiger partial charge in [-0.15, -0.1) is 3.63 Å². The normalized spacial score (nSPS) is 12.0. The molecule has 0 saturated carbocycles. The number of ketones is 2. The molecule has 2 rings (SSSR count). The molecule has 0 aliphatic heterocycles. The van der Waals surface area contributed by atoms with Crippen molar-refractivity contribution in [3.8, 4) is 0 Å². The van der Waals surface area contributed by atoms with Crippen molar-refractivity contribution >= 4 is 31.8 Å². The van der Waals surface area contributed by atoms with E-state index in [1.165, 1.54) is 24.3 Å². The Morgan fingerprint density at radius 1 is 0.704 bits per heavy atom.